The highest BCUT2D eigenvalue weighted by molar-refractivity contribution is 5.82. The Labute approximate surface area is 177 Å². The third-order valence-electron chi connectivity index (χ3n) is 5.64. The fraction of sp³-hybridized carbons (Fsp3) is 0.591. The van der Waals surface area contributed by atoms with Crippen molar-refractivity contribution in [2.24, 2.45) is 0 Å². The van der Waals surface area contributed by atoms with Crippen LogP contribution in [-0.2, 0) is 16.1 Å². The van der Waals surface area contributed by atoms with E-state index in [2.05, 4.69) is 22.0 Å². The molecule has 30 heavy (non-hydrogen) atoms. The molecule has 162 valence electrons. The van der Waals surface area contributed by atoms with E-state index in [0.717, 1.165) is 50.1 Å². The van der Waals surface area contributed by atoms with Gasteiger partial charge in [-0.25, -0.2) is 0 Å². The first-order valence-corrected chi connectivity index (χ1v) is 10.9. The number of morpholine rings is 1. The topological polar surface area (TPSA) is 80.9 Å². The number of hydrogen-bond donors (Lipinski definition) is 0. The van der Waals surface area contributed by atoms with Crippen molar-refractivity contribution in [1.29, 1.82) is 0 Å². The average molecular weight is 415 g/mol. The maximum Gasteiger partial charge on any atom is 0.247 e. The number of unbranched alkanes of at least 4 members (excludes halogenated alkanes) is 1. The van der Waals surface area contributed by atoms with Crippen LogP contribution in [0.3, 0.4) is 0 Å². The summed E-state index contributed by atoms with van der Waals surface area (Å²) in [6.45, 7) is 6.80. The van der Waals surface area contributed by atoms with Crippen LogP contribution in [0, 0.1) is 0 Å². The summed E-state index contributed by atoms with van der Waals surface area (Å²) in [6.07, 6.45) is 4.02. The Morgan fingerprint density at radius 1 is 1.17 bits per heavy atom. The fourth-order valence-electron chi connectivity index (χ4n) is 3.93. The van der Waals surface area contributed by atoms with Crippen LogP contribution >= 0.6 is 0 Å². The molecule has 0 spiro atoms. The van der Waals surface area contributed by atoms with Gasteiger partial charge in [-0.15, -0.1) is 10.2 Å². The van der Waals surface area contributed by atoms with Gasteiger partial charge in [0, 0.05) is 18.7 Å². The second-order valence-corrected chi connectivity index (χ2v) is 7.79. The number of benzene rings is 1. The van der Waals surface area contributed by atoms with Crippen molar-refractivity contribution in [3.63, 3.8) is 0 Å². The zero-order valence-electron chi connectivity index (χ0n) is 17.6. The first-order chi connectivity index (χ1) is 14.7. The number of carbonyl (C=O) groups excluding carboxylic acids is 1. The lowest BCUT2D eigenvalue weighted by molar-refractivity contribution is -0.140. The van der Waals surface area contributed by atoms with Gasteiger partial charge in [0.05, 0.1) is 32.4 Å². The SMILES string of the molecule is CCCCOc1ccc(-c2nnc(CN3CCC[C@@H]3C(=O)N3CCOCC3)o2)cc1. The predicted molar refractivity (Wildman–Crippen MR) is 111 cm³/mol. The third kappa shape index (κ3) is 4.99. The van der Waals surface area contributed by atoms with E-state index in [4.69, 9.17) is 13.9 Å². The number of carbonyl (C=O) groups is 1. The highest BCUT2D eigenvalue weighted by atomic mass is 16.5. The van der Waals surface area contributed by atoms with Gasteiger partial charge in [-0.1, -0.05) is 13.3 Å². The van der Waals surface area contributed by atoms with Crippen molar-refractivity contribution in [3.8, 4) is 17.2 Å². The Morgan fingerprint density at radius 3 is 2.73 bits per heavy atom. The van der Waals surface area contributed by atoms with Crippen LogP contribution < -0.4 is 4.74 Å². The van der Waals surface area contributed by atoms with E-state index < -0.39 is 0 Å². The molecule has 3 heterocycles. The lowest BCUT2D eigenvalue weighted by Gasteiger charge is -2.32. The molecule has 0 saturated carbocycles. The molecular weight excluding hydrogens is 384 g/mol. The van der Waals surface area contributed by atoms with Crippen molar-refractivity contribution >= 4 is 5.91 Å². The molecule has 1 aromatic carbocycles. The standard InChI is InChI=1S/C22H30N4O4/c1-2-3-13-29-18-8-6-17(7-9-18)21-24-23-20(30-21)16-26-10-4-5-19(26)22(27)25-11-14-28-15-12-25/h6-9,19H,2-5,10-16H2,1H3/t19-/m1/s1. The Kier molecular flexibility index (Phi) is 6.96. The van der Waals surface area contributed by atoms with Crippen LogP contribution in [0.25, 0.3) is 11.5 Å². The third-order valence-corrected chi connectivity index (χ3v) is 5.64. The van der Waals surface area contributed by atoms with E-state index in [9.17, 15) is 4.79 Å². The number of hydrogen-bond acceptors (Lipinski definition) is 7. The Bertz CT molecular complexity index is 817. The van der Waals surface area contributed by atoms with Crippen molar-refractivity contribution in [2.45, 2.75) is 45.2 Å². The zero-order valence-corrected chi connectivity index (χ0v) is 17.6. The first-order valence-electron chi connectivity index (χ1n) is 10.9. The number of nitrogens with zero attached hydrogens (tertiary/aromatic N) is 4. The van der Waals surface area contributed by atoms with E-state index in [1.54, 1.807) is 0 Å². The van der Waals surface area contributed by atoms with E-state index in [1.165, 1.54) is 0 Å². The minimum atomic E-state index is -0.113. The summed E-state index contributed by atoms with van der Waals surface area (Å²) >= 11 is 0. The summed E-state index contributed by atoms with van der Waals surface area (Å²) in [6, 6.07) is 7.59. The second kappa shape index (κ2) is 10.0. The number of ether oxygens (including phenoxy) is 2. The highest BCUT2D eigenvalue weighted by Gasteiger charge is 2.35. The minimum absolute atomic E-state index is 0.113. The zero-order chi connectivity index (χ0) is 20.8. The van der Waals surface area contributed by atoms with Crippen LogP contribution in [0.5, 0.6) is 5.75 Å². The van der Waals surface area contributed by atoms with E-state index in [-0.39, 0.29) is 11.9 Å². The molecule has 2 fully saturated rings. The van der Waals surface area contributed by atoms with Crippen molar-refractivity contribution in [1.82, 2.24) is 20.0 Å². The largest absolute Gasteiger partial charge is 0.494 e. The summed E-state index contributed by atoms with van der Waals surface area (Å²) < 4.78 is 17.0. The Hall–Kier alpha value is -2.45. The Balaban J connectivity index is 1.36. The van der Waals surface area contributed by atoms with Gasteiger partial charge in [0.1, 0.15) is 5.75 Å². The molecule has 0 bridgehead atoms. The van der Waals surface area contributed by atoms with Crippen LogP contribution in [0.4, 0.5) is 0 Å². The van der Waals surface area contributed by atoms with Gasteiger partial charge in [0.2, 0.25) is 17.7 Å². The van der Waals surface area contributed by atoms with Gasteiger partial charge in [-0.2, -0.15) is 0 Å². The van der Waals surface area contributed by atoms with E-state index in [0.29, 0.717) is 44.6 Å². The molecule has 0 unspecified atom stereocenters. The van der Waals surface area contributed by atoms with Gasteiger partial charge in [0.25, 0.3) is 0 Å². The molecule has 0 aliphatic carbocycles. The Morgan fingerprint density at radius 2 is 1.97 bits per heavy atom. The molecule has 1 atom stereocenters. The molecule has 2 saturated heterocycles. The molecule has 1 aromatic heterocycles. The predicted octanol–water partition coefficient (Wildman–Crippen LogP) is 2.74. The quantitative estimate of drug-likeness (QED) is 0.615. The molecule has 2 aliphatic heterocycles. The van der Waals surface area contributed by atoms with Crippen molar-refractivity contribution < 1.29 is 18.7 Å². The van der Waals surface area contributed by atoms with Crippen molar-refractivity contribution in [2.75, 3.05) is 39.5 Å². The van der Waals surface area contributed by atoms with Crippen LogP contribution in [-0.4, -0.2) is 71.4 Å². The smallest absolute Gasteiger partial charge is 0.247 e. The summed E-state index contributed by atoms with van der Waals surface area (Å²) in [5.41, 5.74) is 0.860. The fourth-order valence-corrected chi connectivity index (χ4v) is 3.93. The summed E-state index contributed by atoms with van der Waals surface area (Å²) in [5.74, 6) is 2.05. The van der Waals surface area contributed by atoms with E-state index in [1.807, 2.05) is 29.2 Å². The molecule has 2 aromatic rings. The monoisotopic (exact) mass is 414 g/mol. The number of likely N-dealkylation sites (tertiary alicyclic amines) is 1. The molecule has 1 amide bonds. The lowest BCUT2D eigenvalue weighted by atomic mass is 10.2. The maximum atomic E-state index is 12.9. The summed E-state index contributed by atoms with van der Waals surface area (Å²) in [4.78, 5) is 17.0. The number of amides is 1. The number of rotatable bonds is 8. The lowest BCUT2D eigenvalue weighted by Crippen LogP contribution is -2.49. The van der Waals surface area contributed by atoms with E-state index >= 15 is 0 Å². The van der Waals surface area contributed by atoms with Crippen LogP contribution in [0.15, 0.2) is 28.7 Å². The first kappa shape index (κ1) is 20.8. The van der Waals surface area contributed by atoms with Gasteiger partial charge in [-0.05, 0) is 50.1 Å². The minimum Gasteiger partial charge on any atom is -0.494 e. The van der Waals surface area contributed by atoms with Gasteiger partial charge in [0.15, 0.2) is 0 Å². The number of aromatic nitrogens is 2. The summed E-state index contributed by atoms with van der Waals surface area (Å²) in [7, 11) is 0. The van der Waals surface area contributed by atoms with Gasteiger partial charge >= 0.3 is 0 Å². The molecule has 0 radical (unpaired) electrons. The molecule has 2 aliphatic rings. The van der Waals surface area contributed by atoms with Crippen LogP contribution in [0.2, 0.25) is 0 Å². The molecule has 8 nitrogen and oxygen atoms in total. The van der Waals surface area contributed by atoms with Crippen molar-refractivity contribution in [3.05, 3.63) is 30.2 Å². The second-order valence-electron chi connectivity index (χ2n) is 7.79. The van der Waals surface area contributed by atoms with Crippen LogP contribution in [0.1, 0.15) is 38.5 Å². The average Bonchev–Trinajstić information content (AvgIpc) is 3.45. The molecule has 0 N–H and O–H groups in total. The maximum absolute atomic E-state index is 12.9. The molecular formula is C22H30N4O4. The van der Waals surface area contributed by atoms with Gasteiger partial charge < -0.3 is 18.8 Å². The normalized spacial score (nSPS) is 19.9. The highest BCUT2D eigenvalue weighted by Crippen LogP contribution is 2.25. The van der Waals surface area contributed by atoms with Gasteiger partial charge in [-0.3, -0.25) is 9.69 Å². The molecule has 8 heteroatoms. The summed E-state index contributed by atoms with van der Waals surface area (Å²) in [5, 5.41) is 8.41. The molecule has 4 rings (SSSR count).